The second kappa shape index (κ2) is 8.98. The molecule has 0 saturated carbocycles. The number of hydrogen-bond acceptors (Lipinski definition) is 5. The van der Waals surface area contributed by atoms with E-state index in [1.165, 1.54) is 10.4 Å². The van der Waals surface area contributed by atoms with Crippen LogP contribution in [0.15, 0.2) is 64.9 Å². The summed E-state index contributed by atoms with van der Waals surface area (Å²) in [5.41, 5.74) is 2.49. The number of para-hydroxylation sites is 1. The summed E-state index contributed by atoms with van der Waals surface area (Å²) in [5, 5.41) is 2.18. The van der Waals surface area contributed by atoms with Crippen molar-refractivity contribution in [2.75, 3.05) is 19.6 Å². The van der Waals surface area contributed by atoms with Gasteiger partial charge in [-0.1, -0.05) is 18.2 Å². The molecule has 0 spiro atoms. The molecule has 0 amide bonds. The van der Waals surface area contributed by atoms with Gasteiger partial charge in [-0.05, 0) is 79.1 Å². The third kappa shape index (κ3) is 4.35. The summed E-state index contributed by atoms with van der Waals surface area (Å²) in [6.07, 6.45) is 2.88. The van der Waals surface area contributed by atoms with Crippen molar-refractivity contribution in [2.24, 2.45) is 0 Å². The number of sulfonamides is 1. The molecule has 5 nitrogen and oxygen atoms in total. The normalized spacial score (nSPS) is 18.4. The van der Waals surface area contributed by atoms with Gasteiger partial charge in [-0.2, -0.15) is 4.31 Å². The second-order valence-electron chi connectivity index (χ2n) is 8.56. The smallest absolute Gasteiger partial charge is 0.243 e. The molecule has 0 aliphatic carbocycles. The van der Waals surface area contributed by atoms with Crippen LogP contribution in [0.4, 0.5) is 0 Å². The average molecular weight is 469 g/mol. The zero-order valence-electron chi connectivity index (χ0n) is 18.2. The van der Waals surface area contributed by atoms with E-state index in [1.54, 1.807) is 28.6 Å². The van der Waals surface area contributed by atoms with Gasteiger partial charge < -0.3 is 4.74 Å². The Morgan fingerprint density at radius 2 is 1.72 bits per heavy atom. The molecule has 1 aromatic heterocycles. The molecule has 7 heteroatoms. The minimum absolute atomic E-state index is 0.328. The highest BCUT2D eigenvalue weighted by Gasteiger charge is 2.33. The molecule has 3 heterocycles. The van der Waals surface area contributed by atoms with Crippen LogP contribution < -0.4 is 4.74 Å². The summed E-state index contributed by atoms with van der Waals surface area (Å²) >= 11 is 1.85. The van der Waals surface area contributed by atoms with Crippen molar-refractivity contribution in [1.29, 1.82) is 0 Å². The molecular formula is C25H28N2O3S2. The molecular weight excluding hydrogens is 440 g/mol. The summed E-state index contributed by atoms with van der Waals surface area (Å²) < 4.78 is 33.9. The average Bonchev–Trinajstić information content (AvgIpc) is 3.29. The maximum absolute atomic E-state index is 13.2. The van der Waals surface area contributed by atoms with E-state index in [9.17, 15) is 8.42 Å². The number of fused-ring (bicyclic) bond motifs is 1. The van der Waals surface area contributed by atoms with E-state index >= 15 is 0 Å². The SMILES string of the molecule is Cc1ccccc1Oc1ccc(S(=O)(=O)N2CCC(N3CCc4sccc4C3)CC2)cc1. The molecule has 168 valence electrons. The topological polar surface area (TPSA) is 49.9 Å². The van der Waals surface area contributed by atoms with E-state index in [0.717, 1.165) is 43.7 Å². The van der Waals surface area contributed by atoms with Crippen molar-refractivity contribution in [3.05, 3.63) is 76.0 Å². The highest BCUT2D eigenvalue weighted by atomic mass is 32.2. The number of benzene rings is 2. The predicted octanol–water partition coefficient (Wildman–Crippen LogP) is 5.06. The fraction of sp³-hybridized carbons (Fsp3) is 0.360. The molecule has 5 rings (SSSR count). The zero-order valence-corrected chi connectivity index (χ0v) is 19.9. The molecule has 0 atom stereocenters. The maximum Gasteiger partial charge on any atom is 0.243 e. The Hall–Kier alpha value is -2.19. The van der Waals surface area contributed by atoms with E-state index in [1.807, 2.05) is 42.5 Å². The Labute approximate surface area is 194 Å². The fourth-order valence-corrected chi connectivity index (χ4v) is 7.02. The van der Waals surface area contributed by atoms with Crippen LogP contribution >= 0.6 is 11.3 Å². The Morgan fingerprint density at radius 3 is 2.47 bits per heavy atom. The number of nitrogens with zero attached hydrogens (tertiary/aromatic N) is 2. The van der Waals surface area contributed by atoms with Crippen LogP contribution in [0.2, 0.25) is 0 Å². The lowest BCUT2D eigenvalue weighted by molar-refractivity contribution is 0.127. The van der Waals surface area contributed by atoms with E-state index in [-0.39, 0.29) is 0 Å². The first-order valence-corrected chi connectivity index (χ1v) is 13.5. The van der Waals surface area contributed by atoms with Crippen molar-refractivity contribution in [1.82, 2.24) is 9.21 Å². The number of piperidine rings is 1. The van der Waals surface area contributed by atoms with Crippen LogP contribution in [0.1, 0.15) is 28.8 Å². The molecule has 3 aromatic rings. The summed E-state index contributed by atoms with van der Waals surface area (Å²) in [7, 11) is -3.49. The number of rotatable bonds is 5. The molecule has 32 heavy (non-hydrogen) atoms. The number of thiophene rings is 1. The van der Waals surface area contributed by atoms with Crippen molar-refractivity contribution < 1.29 is 13.2 Å². The largest absolute Gasteiger partial charge is 0.457 e. The van der Waals surface area contributed by atoms with Gasteiger partial charge >= 0.3 is 0 Å². The first-order chi connectivity index (χ1) is 15.5. The van der Waals surface area contributed by atoms with Crippen molar-refractivity contribution in [3.8, 4) is 11.5 Å². The maximum atomic E-state index is 13.2. The van der Waals surface area contributed by atoms with Gasteiger partial charge in [-0.25, -0.2) is 8.42 Å². The van der Waals surface area contributed by atoms with E-state index in [4.69, 9.17) is 4.74 Å². The minimum Gasteiger partial charge on any atom is -0.457 e. The van der Waals surface area contributed by atoms with Crippen molar-refractivity contribution >= 4 is 21.4 Å². The second-order valence-corrected chi connectivity index (χ2v) is 11.5. The quantitative estimate of drug-likeness (QED) is 0.525. The highest BCUT2D eigenvalue weighted by Crippen LogP contribution is 2.30. The van der Waals surface area contributed by atoms with Crippen molar-refractivity contribution in [2.45, 2.75) is 43.7 Å². The fourth-order valence-electron chi connectivity index (χ4n) is 4.66. The Morgan fingerprint density at radius 1 is 0.969 bits per heavy atom. The molecule has 1 saturated heterocycles. The Balaban J connectivity index is 1.21. The van der Waals surface area contributed by atoms with Crippen LogP contribution in [0.3, 0.4) is 0 Å². The lowest BCUT2D eigenvalue weighted by Gasteiger charge is -2.39. The number of aryl methyl sites for hydroxylation is 1. The lowest BCUT2D eigenvalue weighted by Crippen LogP contribution is -2.47. The third-order valence-electron chi connectivity index (χ3n) is 6.56. The lowest BCUT2D eigenvalue weighted by atomic mass is 10.0. The molecule has 0 N–H and O–H groups in total. The highest BCUT2D eigenvalue weighted by molar-refractivity contribution is 7.89. The summed E-state index contributed by atoms with van der Waals surface area (Å²) in [4.78, 5) is 4.38. The third-order valence-corrected chi connectivity index (χ3v) is 9.50. The zero-order chi connectivity index (χ0) is 22.1. The standard InChI is InChI=1S/C25H28N2O3S2/c1-19-4-2-3-5-24(19)30-22-6-8-23(9-7-22)32(28,29)27-15-10-21(11-16-27)26-14-12-25-20(18-26)13-17-31-25/h2-9,13,17,21H,10-12,14-16,18H2,1H3. The van der Waals surface area contributed by atoms with Gasteiger partial charge in [0.05, 0.1) is 4.90 Å². The van der Waals surface area contributed by atoms with Gasteiger partial charge in [0, 0.05) is 37.1 Å². The van der Waals surface area contributed by atoms with Crippen LogP contribution in [-0.2, 0) is 23.0 Å². The van der Waals surface area contributed by atoms with Crippen LogP contribution in [0.25, 0.3) is 0 Å². The number of hydrogen-bond donors (Lipinski definition) is 0. The molecule has 2 aliphatic rings. The van der Waals surface area contributed by atoms with E-state index in [2.05, 4.69) is 16.3 Å². The van der Waals surface area contributed by atoms with Gasteiger partial charge in [0.1, 0.15) is 11.5 Å². The van der Waals surface area contributed by atoms with Gasteiger partial charge in [-0.3, -0.25) is 4.90 Å². The number of ether oxygens (including phenoxy) is 1. The minimum atomic E-state index is -3.49. The first-order valence-electron chi connectivity index (χ1n) is 11.1. The van der Waals surface area contributed by atoms with Crippen molar-refractivity contribution in [3.63, 3.8) is 0 Å². The summed E-state index contributed by atoms with van der Waals surface area (Å²) in [5.74, 6) is 1.41. The molecule has 0 unspecified atom stereocenters. The predicted molar refractivity (Wildman–Crippen MR) is 128 cm³/mol. The Kier molecular flexibility index (Phi) is 6.07. The molecule has 2 aromatic carbocycles. The van der Waals surface area contributed by atoms with Gasteiger partial charge in [0.25, 0.3) is 0 Å². The molecule has 0 bridgehead atoms. The van der Waals surface area contributed by atoms with Crippen LogP contribution in [-0.4, -0.2) is 43.3 Å². The van der Waals surface area contributed by atoms with Gasteiger partial charge in [-0.15, -0.1) is 11.3 Å². The van der Waals surface area contributed by atoms with Gasteiger partial charge in [0.2, 0.25) is 10.0 Å². The monoisotopic (exact) mass is 468 g/mol. The van der Waals surface area contributed by atoms with Gasteiger partial charge in [0.15, 0.2) is 0 Å². The summed E-state index contributed by atoms with van der Waals surface area (Å²) in [6, 6.07) is 17.2. The van der Waals surface area contributed by atoms with E-state index < -0.39 is 10.0 Å². The molecule has 1 fully saturated rings. The first kappa shape index (κ1) is 21.6. The molecule has 2 aliphatic heterocycles. The Bertz CT molecular complexity index is 1180. The molecule has 0 radical (unpaired) electrons. The van der Waals surface area contributed by atoms with E-state index in [0.29, 0.717) is 29.8 Å². The summed E-state index contributed by atoms with van der Waals surface area (Å²) in [6.45, 7) is 5.20. The van der Waals surface area contributed by atoms with Crippen LogP contribution in [0, 0.1) is 6.92 Å². The van der Waals surface area contributed by atoms with Crippen LogP contribution in [0.5, 0.6) is 11.5 Å².